The number of rotatable bonds is 6. The molecule has 0 saturated heterocycles. The van der Waals surface area contributed by atoms with Crippen LogP contribution in [-0.4, -0.2) is 9.97 Å². The monoisotopic (exact) mass is 731 g/mol. The lowest BCUT2D eigenvalue weighted by Gasteiger charge is -2.11. The molecule has 0 N–H and O–H groups in total. The van der Waals surface area contributed by atoms with Crippen molar-refractivity contribution in [2.75, 3.05) is 0 Å². The van der Waals surface area contributed by atoms with Crippen molar-refractivity contribution in [3.63, 3.8) is 0 Å². The van der Waals surface area contributed by atoms with Crippen molar-refractivity contribution in [1.29, 1.82) is 5.26 Å². The number of hydrogen-bond acceptors (Lipinski definition) is 4. The van der Waals surface area contributed by atoms with Crippen LogP contribution in [0.1, 0.15) is 16.0 Å². The number of aromatic nitrogens is 2. The van der Waals surface area contributed by atoms with Gasteiger partial charge in [-0.2, -0.15) is 5.26 Å². The molecule has 0 aliphatic heterocycles. The Morgan fingerprint density at radius 1 is 0.500 bits per heavy atom. The first-order valence-corrected chi connectivity index (χ1v) is 19.6. The van der Waals surface area contributed by atoms with Gasteiger partial charge in [-0.15, -0.1) is 11.3 Å². The van der Waals surface area contributed by atoms with Crippen LogP contribution in [0.25, 0.3) is 94.2 Å². The second kappa shape index (κ2) is 14.2. The molecule has 0 fully saturated rings. The summed E-state index contributed by atoms with van der Waals surface area (Å²) in [6.07, 6.45) is 9.60. The highest BCUT2D eigenvalue weighted by Gasteiger charge is 2.16. The van der Waals surface area contributed by atoms with Crippen LogP contribution in [0.3, 0.4) is 0 Å². The van der Waals surface area contributed by atoms with Gasteiger partial charge in [-0.25, -0.2) is 9.97 Å². The number of thiophene rings is 1. The fourth-order valence-corrected chi connectivity index (χ4v) is 8.97. The third-order valence-electron chi connectivity index (χ3n) is 10.6. The van der Waals surface area contributed by atoms with Crippen LogP contribution in [0.5, 0.6) is 0 Å². The van der Waals surface area contributed by atoms with Crippen molar-refractivity contribution in [2.24, 2.45) is 0 Å². The minimum Gasteiger partial charge on any atom is -0.228 e. The SMILES string of the molecule is N#Cc1cc(-c2ccc3ccc(-c4ccc(-c5nc(-c6ccccc6)cc(-c6ccccc6)n5)cc4)cc3c2)cc(-c2cccc3c4c(sc23)C=CC=CC4)c1. The minimum absolute atomic E-state index is 0.651. The zero-order chi connectivity index (χ0) is 37.4. The molecule has 1 aliphatic carbocycles. The molecule has 0 bridgehead atoms. The molecule has 2 aromatic heterocycles. The van der Waals surface area contributed by atoms with E-state index in [1.165, 1.54) is 20.5 Å². The van der Waals surface area contributed by atoms with E-state index in [4.69, 9.17) is 9.97 Å². The summed E-state index contributed by atoms with van der Waals surface area (Å²) in [6.45, 7) is 0. The maximum absolute atomic E-state index is 10.1. The predicted octanol–water partition coefficient (Wildman–Crippen LogP) is 13.8. The molecule has 2 heterocycles. The van der Waals surface area contributed by atoms with Crippen LogP contribution < -0.4 is 0 Å². The molecular weight excluding hydrogens is 699 g/mol. The number of fused-ring (bicyclic) bond motifs is 4. The molecule has 56 heavy (non-hydrogen) atoms. The topological polar surface area (TPSA) is 49.6 Å². The summed E-state index contributed by atoms with van der Waals surface area (Å²) in [5, 5.41) is 13.7. The Balaban J connectivity index is 0.994. The molecule has 262 valence electrons. The molecule has 4 heteroatoms. The Labute approximate surface area is 329 Å². The summed E-state index contributed by atoms with van der Waals surface area (Å²) in [5.74, 6) is 0.693. The largest absolute Gasteiger partial charge is 0.228 e. The third kappa shape index (κ3) is 6.31. The first-order chi connectivity index (χ1) is 27.7. The van der Waals surface area contributed by atoms with Crippen LogP contribution in [0, 0.1) is 11.3 Å². The number of hydrogen-bond donors (Lipinski definition) is 0. The van der Waals surface area contributed by atoms with E-state index >= 15 is 0 Å². The average Bonchev–Trinajstić information content (AvgIpc) is 3.46. The minimum atomic E-state index is 0.651. The van der Waals surface area contributed by atoms with Gasteiger partial charge in [-0.05, 0) is 104 Å². The van der Waals surface area contributed by atoms with E-state index in [1.54, 1.807) is 0 Å². The summed E-state index contributed by atoms with van der Waals surface area (Å²) in [5.41, 5.74) is 13.5. The average molecular weight is 732 g/mol. The van der Waals surface area contributed by atoms with Crippen molar-refractivity contribution in [3.05, 3.63) is 198 Å². The number of nitrogens with zero attached hydrogens (tertiary/aromatic N) is 3. The van der Waals surface area contributed by atoms with Crippen molar-refractivity contribution >= 4 is 38.3 Å². The normalized spacial score (nSPS) is 12.1. The van der Waals surface area contributed by atoms with Gasteiger partial charge in [0.2, 0.25) is 0 Å². The molecule has 9 aromatic rings. The highest BCUT2D eigenvalue weighted by atomic mass is 32.1. The fourth-order valence-electron chi connectivity index (χ4n) is 7.69. The summed E-state index contributed by atoms with van der Waals surface area (Å²) in [7, 11) is 0. The second-order valence-electron chi connectivity index (χ2n) is 14.1. The molecule has 10 rings (SSSR count). The molecule has 0 spiro atoms. The lowest BCUT2D eigenvalue weighted by Crippen LogP contribution is -1.95. The van der Waals surface area contributed by atoms with Crippen molar-refractivity contribution in [1.82, 2.24) is 9.97 Å². The van der Waals surface area contributed by atoms with E-state index in [0.717, 1.165) is 78.7 Å². The first-order valence-electron chi connectivity index (χ1n) is 18.7. The molecule has 3 nitrogen and oxygen atoms in total. The Morgan fingerprint density at radius 2 is 1.14 bits per heavy atom. The maximum Gasteiger partial charge on any atom is 0.160 e. The van der Waals surface area contributed by atoms with E-state index in [9.17, 15) is 5.26 Å². The first kappa shape index (κ1) is 33.4. The van der Waals surface area contributed by atoms with Crippen molar-refractivity contribution in [2.45, 2.75) is 6.42 Å². The molecule has 0 radical (unpaired) electrons. The number of nitriles is 1. The van der Waals surface area contributed by atoms with Gasteiger partial charge in [0.25, 0.3) is 0 Å². The van der Waals surface area contributed by atoms with Gasteiger partial charge in [-0.3, -0.25) is 0 Å². The van der Waals surface area contributed by atoms with E-state index < -0.39 is 0 Å². The van der Waals surface area contributed by atoms with E-state index in [-0.39, 0.29) is 0 Å². The van der Waals surface area contributed by atoms with Crippen molar-refractivity contribution < 1.29 is 0 Å². The Morgan fingerprint density at radius 3 is 1.84 bits per heavy atom. The quantitative estimate of drug-likeness (QED) is 0.171. The number of benzene rings is 7. The van der Waals surface area contributed by atoms with Crippen molar-refractivity contribution in [3.8, 4) is 73.4 Å². The fraction of sp³-hybridized carbons (Fsp3) is 0.0192. The lowest BCUT2D eigenvalue weighted by molar-refractivity contribution is 1.18. The van der Waals surface area contributed by atoms with Crippen LogP contribution in [0.2, 0.25) is 0 Å². The standard InChI is InChI=1S/C52H33N3S/c53-33-34-27-42(31-44(28-34)45-16-10-17-47-46-15-8-3-9-18-50(46)56-51(45)47)41-26-22-36-21-25-40(29-43(36)30-41)35-19-23-39(24-20-35)52-54-48(37-11-4-1-5-12-37)32-49(55-52)38-13-6-2-7-14-38/h1-14,16-32H,15H2. The highest BCUT2D eigenvalue weighted by Crippen LogP contribution is 2.41. The lowest BCUT2D eigenvalue weighted by atomic mass is 9.93. The van der Waals surface area contributed by atoms with Crippen LogP contribution in [-0.2, 0) is 6.42 Å². The van der Waals surface area contributed by atoms with Gasteiger partial charge < -0.3 is 0 Å². The molecule has 0 unspecified atom stereocenters. The number of allylic oxidation sites excluding steroid dienone is 3. The maximum atomic E-state index is 10.1. The summed E-state index contributed by atoms with van der Waals surface area (Å²) in [6, 6.07) is 59.6. The van der Waals surface area contributed by atoms with Gasteiger partial charge >= 0.3 is 0 Å². The Bertz CT molecular complexity index is 2980. The van der Waals surface area contributed by atoms with Gasteiger partial charge in [0.05, 0.1) is 23.0 Å². The predicted molar refractivity (Wildman–Crippen MR) is 234 cm³/mol. The van der Waals surface area contributed by atoms with Gasteiger partial charge in [0, 0.05) is 26.3 Å². The molecule has 0 amide bonds. The summed E-state index contributed by atoms with van der Waals surface area (Å²) >= 11 is 1.83. The van der Waals surface area contributed by atoms with Gasteiger partial charge in [-0.1, -0.05) is 146 Å². The van der Waals surface area contributed by atoms with Crippen LogP contribution >= 0.6 is 11.3 Å². The molecular formula is C52H33N3S. The zero-order valence-electron chi connectivity index (χ0n) is 30.4. The van der Waals surface area contributed by atoms with Gasteiger partial charge in [0.1, 0.15) is 0 Å². The molecule has 7 aromatic carbocycles. The second-order valence-corrected chi connectivity index (χ2v) is 15.1. The molecule has 1 aliphatic rings. The van der Waals surface area contributed by atoms with E-state index in [0.29, 0.717) is 11.4 Å². The van der Waals surface area contributed by atoms with E-state index in [2.05, 4.69) is 146 Å². The highest BCUT2D eigenvalue weighted by molar-refractivity contribution is 7.20. The van der Waals surface area contributed by atoms with Gasteiger partial charge in [0.15, 0.2) is 5.82 Å². The zero-order valence-corrected chi connectivity index (χ0v) is 31.2. The van der Waals surface area contributed by atoms with E-state index in [1.807, 2.05) is 59.9 Å². The Kier molecular flexibility index (Phi) is 8.48. The third-order valence-corrected chi connectivity index (χ3v) is 11.8. The smallest absolute Gasteiger partial charge is 0.160 e. The summed E-state index contributed by atoms with van der Waals surface area (Å²) < 4.78 is 1.26. The van der Waals surface area contributed by atoms with Crippen LogP contribution in [0.4, 0.5) is 0 Å². The Hall–Kier alpha value is -7.19. The summed E-state index contributed by atoms with van der Waals surface area (Å²) in [4.78, 5) is 11.3. The molecule has 0 saturated carbocycles. The van der Waals surface area contributed by atoms with Crippen LogP contribution in [0.15, 0.2) is 182 Å². The molecule has 0 atom stereocenters.